The summed E-state index contributed by atoms with van der Waals surface area (Å²) in [5.41, 5.74) is 0. The highest BCUT2D eigenvalue weighted by molar-refractivity contribution is 8.14. The molecule has 0 spiro atoms. The summed E-state index contributed by atoms with van der Waals surface area (Å²) in [4.78, 5) is 10.6. The molecule has 0 aliphatic heterocycles. The molecule has 0 fully saturated rings. The topological polar surface area (TPSA) is 159 Å². The van der Waals surface area contributed by atoms with Gasteiger partial charge in [-0.25, -0.2) is 0 Å². The third-order valence-corrected chi connectivity index (χ3v) is 6.68. The zero-order valence-electron chi connectivity index (χ0n) is 15.7. The monoisotopic (exact) mass is 463 g/mol. The first-order valence-corrected chi connectivity index (χ1v) is 11.6. The molecule has 0 amide bonds. The maximum Gasteiger partial charge on any atom is 0.324 e. The zero-order valence-corrected chi connectivity index (χ0v) is 18.1. The number of rotatable bonds is 7. The molecule has 29 heavy (non-hydrogen) atoms. The van der Waals surface area contributed by atoms with Crippen LogP contribution in [0.4, 0.5) is 5.95 Å². The van der Waals surface area contributed by atoms with Crippen LogP contribution in [0.2, 0.25) is 0 Å². The van der Waals surface area contributed by atoms with Gasteiger partial charge in [0, 0.05) is 0 Å². The van der Waals surface area contributed by atoms with Crippen molar-refractivity contribution in [1.29, 1.82) is 0 Å². The van der Waals surface area contributed by atoms with Crippen LogP contribution in [0, 0.1) is 0 Å². The molecule has 0 saturated heterocycles. The number of methoxy groups -OCH3 is 2. The van der Waals surface area contributed by atoms with Gasteiger partial charge in [0.15, 0.2) is 5.17 Å². The third kappa shape index (κ3) is 5.53. The van der Waals surface area contributed by atoms with Gasteiger partial charge in [-0.05, 0) is 18.4 Å². The Kier molecular flexibility index (Phi) is 7.34. The Bertz CT molecular complexity index is 1100. The van der Waals surface area contributed by atoms with Crippen molar-refractivity contribution in [2.24, 2.45) is 4.40 Å². The highest BCUT2D eigenvalue weighted by Crippen LogP contribution is 2.25. The number of hydrogen-bond acceptors (Lipinski definition) is 11. The van der Waals surface area contributed by atoms with Crippen molar-refractivity contribution < 1.29 is 30.5 Å². The second kappa shape index (κ2) is 9.34. The van der Waals surface area contributed by atoms with E-state index in [1.807, 2.05) is 0 Å². The van der Waals surface area contributed by atoms with Gasteiger partial charge in [0.05, 0.1) is 21.3 Å². The number of nitrogens with zero attached hydrogens (tertiary/aromatic N) is 4. The highest BCUT2D eigenvalue weighted by atomic mass is 32.2. The first-order chi connectivity index (χ1) is 13.7. The largest absolute Gasteiger partial charge is 0.467 e. The molecule has 1 N–H and O–H groups in total. The molecular weight excluding hydrogens is 446 g/mol. The molecule has 1 heterocycles. The summed E-state index contributed by atoms with van der Waals surface area (Å²) < 4.78 is 67.5. The SMILES string of the molecule is COc1nc(NC(=NS(=O)(=O)c2ccccc2S(=O)(=O)OC)SC)nc(OC)n1. The van der Waals surface area contributed by atoms with E-state index < -0.39 is 29.9 Å². The maximum absolute atomic E-state index is 12.8. The molecule has 0 unspecified atom stereocenters. The number of aromatic nitrogens is 3. The van der Waals surface area contributed by atoms with E-state index in [0.717, 1.165) is 31.0 Å². The summed E-state index contributed by atoms with van der Waals surface area (Å²) in [6, 6.07) is 4.81. The lowest BCUT2D eigenvalue weighted by Gasteiger charge is -2.10. The van der Waals surface area contributed by atoms with Gasteiger partial charge in [-0.2, -0.15) is 26.8 Å². The Morgan fingerprint density at radius 3 is 2.00 bits per heavy atom. The van der Waals surface area contributed by atoms with E-state index in [9.17, 15) is 16.8 Å². The fourth-order valence-electron chi connectivity index (χ4n) is 1.90. The number of ether oxygens (including phenoxy) is 2. The normalized spacial score (nSPS) is 12.5. The molecule has 0 bridgehead atoms. The Morgan fingerprint density at radius 2 is 1.52 bits per heavy atom. The van der Waals surface area contributed by atoms with Crippen molar-refractivity contribution >= 4 is 43.0 Å². The minimum absolute atomic E-state index is 0.0702. The Balaban J connectivity index is 2.49. The molecule has 2 rings (SSSR count). The second-order valence-corrected chi connectivity index (χ2v) is 8.95. The van der Waals surface area contributed by atoms with Crippen molar-refractivity contribution in [2.45, 2.75) is 9.79 Å². The molecule has 0 aliphatic rings. The van der Waals surface area contributed by atoms with Gasteiger partial charge in [0.25, 0.3) is 20.1 Å². The minimum Gasteiger partial charge on any atom is -0.467 e. The lowest BCUT2D eigenvalue weighted by molar-refractivity contribution is 0.341. The van der Waals surface area contributed by atoms with Gasteiger partial charge >= 0.3 is 12.0 Å². The number of anilines is 1. The lowest BCUT2D eigenvalue weighted by atomic mass is 10.4. The van der Waals surface area contributed by atoms with Crippen LogP contribution in [0.15, 0.2) is 38.5 Å². The van der Waals surface area contributed by atoms with Crippen LogP contribution in [-0.4, -0.2) is 64.5 Å². The fraction of sp³-hybridized carbons (Fsp3) is 0.286. The van der Waals surface area contributed by atoms with E-state index >= 15 is 0 Å². The molecule has 12 nitrogen and oxygen atoms in total. The van der Waals surface area contributed by atoms with E-state index in [-0.39, 0.29) is 23.1 Å². The van der Waals surface area contributed by atoms with Crippen molar-refractivity contribution in [3.8, 4) is 12.0 Å². The van der Waals surface area contributed by atoms with Gasteiger partial charge in [0.2, 0.25) is 5.95 Å². The molecular formula is C14H17N5O7S3. The van der Waals surface area contributed by atoms with E-state index in [0.29, 0.717) is 0 Å². The lowest BCUT2D eigenvalue weighted by Crippen LogP contribution is -2.16. The summed E-state index contributed by atoms with van der Waals surface area (Å²) in [6.45, 7) is 0. The van der Waals surface area contributed by atoms with Crippen LogP contribution < -0.4 is 14.8 Å². The van der Waals surface area contributed by atoms with Gasteiger partial charge in [0.1, 0.15) is 9.79 Å². The summed E-state index contributed by atoms with van der Waals surface area (Å²) in [5, 5.41) is 2.47. The standard InChI is InChI=1S/C14H17N5O7S3/c1-24-12-15-11(16-13(18-12)25-2)17-14(27-4)19-28(20,21)9-7-5-6-8-10(9)29(22,23)26-3/h5-8H,1-4H3,(H,15,16,17,18,19). The number of benzene rings is 1. The van der Waals surface area contributed by atoms with Crippen LogP contribution in [0.1, 0.15) is 0 Å². The number of nitrogens with one attached hydrogen (secondary N) is 1. The van der Waals surface area contributed by atoms with Crippen LogP contribution in [-0.2, 0) is 24.3 Å². The first-order valence-electron chi connectivity index (χ1n) is 7.56. The fourth-order valence-corrected chi connectivity index (χ4v) is 4.98. The summed E-state index contributed by atoms with van der Waals surface area (Å²) >= 11 is 0.929. The van der Waals surface area contributed by atoms with Gasteiger partial charge < -0.3 is 14.8 Å². The molecule has 0 aliphatic carbocycles. The Labute approximate surface area is 171 Å². The van der Waals surface area contributed by atoms with Crippen molar-refractivity contribution in [1.82, 2.24) is 15.0 Å². The average molecular weight is 464 g/mol. The molecule has 158 valence electrons. The minimum atomic E-state index is -4.44. The number of sulfonamides is 1. The van der Waals surface area contributed by atoms with Crippen LogP contribution >= 0.6 is 11.8 Å². The molecule has 0 radical (unpaired) electrons. The average Bonchev–Trinajstić information content (AvgIpc) is 2.72. The van der Waals surface area contributed by atoms with Gasteiger partial charge in [-0.3, -0.25) is 4.18 Å². The quantitative estimate of drug-likeness (QED) is 0.349. The first kappa shape index (κ1) is 22.8. The van der Waals surface area contributed by atoms with Crippen LogP contribution in [0.25, 0.3) is 0 Å². The van der Waals surface area contributed by atoms with Crippen molar-refractivity contribution in [3.05, 3.63) is 24.3 Å². The highest BCUT2D eigenvalue weighted by Gasteiger charge is 2.26. The number of amidine groups is 1. The van der Waals surface area contributed by atoms with E-state index in [1.54, 1.807) is 6.26 Å². The van der Waals surface area contributed by atoms with Crippen molar-refractivity contribution in [2.75, 3.05) is 32.9 Å². The van der Waals surface area contributed by atoms with Crippen LogP contribution in [0.3, 0.4) is 0 Å². The molecule has 0 atom stereocenters. The van der Waals surface area contributed by atoms with E-state index in [2.05, 4.69) is 28.8 Å². The van der Waals surface area contributed by atoms with E-state index in [1.165, 1.54) is 26.4 Å². The molecule has 1 aromatic heterocycles. The number of hydrogen-bond donors (Lipinski definition) is 1. The molecule has 2 aromatic rings. The Morgan fingerprint density at radius 1 is 0.966 bits per heavy atom. The predicted molar refractivity (Wildman–Crippen MR) is 105 cm³/mol. The molecule has 0 saturated carbocycles. The maximum atomic E-state index is 12.8. The van der Waals surface area contributed by atoms with Crippen molar-refractivity contribution in [3.63, 3.8) is 0 Å². The molecule has 1 aromatic carbocycles. The van der Waals surface area contributed by atoms with Gasteiger partial charge in [-0.15, -0.1) is 9.38 Å². The predicted octanol–water partition coefficient (Wildman–Crippen LogP) is 0.744. The molecule has 15 heteroatoms. The summed E-state index contributed by atoms with van der Waals surface area (Å²) in [7, 11) is -5.11. The van der Waals surface area contributed by atoms with E-state index in [4.69, 9.17) is 9.47 Å². The summed E-state index contributed by atoms with van der Waals surface area (Å²) in [5.74, 6) is -0.0881. The Hall–Kier alpha value is -2.49. The number of thioether (sulfide) groups is 1. The van der Waals surface area contributed by atoms with Gasteiger partial charge in [-0.1, -0.05) is 23.9 Å². The second-order valence-electron chi connectivity index (χ2n) is 4.90. The zero-order chi connectivity index (χ0) is 21.7. The smallest absolute Gasteiger partial charge is 0.324 e. The third-order valence-electron chi connectivity index (χ3n) is 3.19. The van der Waals surface area contributed by atoms with Crippen LogP contribution in [0.5, 0.6) is 12.0 Å². The summed E-state index contributed by atoms with van der Waals surface area (Å²) in [6.07, 6.45) is 1.55.